The molecule has 0 bridgehead atoms. The highest BCUT2D eigenvalue weighted by Gasteiger charge is 2.18. The van der Waals surface area contributed by atoms with Crippen LogP contribution in [0.3, 0.4) is 0 Å². The molecule has 0 aliphatic carbocycles. The highest BCUT2D eigenvalue weighted by molar-refractivity contribution is 14.1. The smallest absolute Gasteiger partial charge is 0.265 e. The first kappa shape index (κ1) is 8.80. The summed E-state index contributed by atoms with van der Waals surface area (Å²) < 4.78 is 6.10. The predicted molar refractivity (Wildman–Crippen MR) is 59.4 cm³/mol. The van der Waals surface area contributed by atoms with Crippen molar-refractivity contribution in [1.29, 1.82) is 0 Å². The number of rotatable bonds is 0. The molecule has 13 heavy (non-hydrogen) atoms. The molecular weight excluding hydrogens is 279 g/mol. The molecular formula is C9H9IN2O. The second kappa shape index (κ2) is 3.17. The molecule has 0 N–H and O–H groups in total. The van der Waals surface area contributed by atoms with E-state index in [0.29, 0.717) is 0 Å². The SMILES string of the molecule is Cc1ccc2c(c1)C(=O)N(C)I=N2. The van der Waals surface area contributed by atoms with E-state index in [4.69, 9.17) is 0 Å². The van der Waals surface area contributed by atoms with Crippen LogP contribution in [-0.2, 0) is 0 Å². The third kappa shape index (κ3) is 1.50. The zero-order valence-electron chi connectivity index (χ0n) is 7.41. The molecule has 0 unspecified atom stereocenters. The molecule has 4 heteroatoms. The van der Waals surface area contributed by atoms with E-state index >= 15 is 0 Å². The van der Waals surface area contributed by atoms with Gasteiger partial charge in [-0.15, -0.1) is 0 Å². The van der Waals surface area contributed by atoms with Crippen LogP contribution in [0, 0.1) is 6.92 Å². The molecule has 0 aromatic heterocycles. The van der Waals surface area contributed by atoms with Gasteiger partial charge in [-0.3, -0.25) is 7.91 Å². The normalized spacial score (nSPS) is 15.2. The highest BCUT2D eigenvalue weighted by atomic mass is 127. The van der Waals surface area contributed by atoms with Gasteiger partial charge in [0.2, 0.25) is 0 Å². The zero-order chi connectivity index (χ0) is 9.42. The first-order valence-corrected chi connectivity index (χ1v) is 5.85. The Hall–Kier alpha value is -0.780. The fourth-order valence-electron chi connectivity index (χ4n) is 1.19. The molecule has 2 rings (SSSR count). The fraction of sp³-hybridized carbons (Fsp3) is 0.222. The van der Waals surface area contributed by atoms with Crippen molar-refractivity contribution in [3.8, 4) is 0 Å². The second-order valence-corrected chi connectivity index (χ2v) is 5.32. The third-order valence-electron chi connectivity index (χ3n) is 1.90. The van der Waals surface area contributed by atoms with E-state index in [9.17, 15) is 4.79 Å². The number of hydrogen-bond acceptors (Lipinski definition) is 2. The van der Waals surface area contributed by atoms with Crippen LogP contribution in [0.4, 0.5) is 5.69 Å². The first-order valence-electron chi connectivity index (χ1n) is 3.92. The predicted octanol–water partition coefficient (Wildman–Crippen LogP) is 2.78. The van der Waals surface area contributed by atoms with Crippen molar-refractivity contribution >= 4 is 32.9 Å². The standard InChI is InChI=1S/C9H9IN2O/c1-6-3-4-8-7(5-6)9(13)12(2)10-11-8/h3-5H,1-2H3. The molecule has 0 radical (unpaired) electrons. The molecule has 0 fully saturated rings. The van der Waals surface area contributed by atoms with E-state index in [1.807, 2.05) is 32.2 Å². The summed E-state index contributed by atoms with van der Waals surface area (Å²) in [6.45, 7) is 1.98. The van der Waals surface area contributed by atoms with Gasteiger partial charge in [0, 0.05) is 7.05 Å². The summed E-state index contributed by atoms with van der Waals surface area (Å²) in [5, 5.41) is 0. The molecule has 68 valence electrons. The Morgan fingerprint density at radius 3 is 3.00 bits per heavy atom. The average Bonchev–Trinajstić information content (AvgIpc) is 2.12. The van der Waals surface area contributed by atoms with Gasteiger partial charge >= 0.3 is 0 Å². The van der Waals surface area contributed by atoms with Gasteiger partial charge in [-0.25, -0.2) is 3.15 Å². The van der Waals surface area contributed by atoms with E-state index in [1.54, 1.807) is 3.11 Å². The minimum atomic E-state index is -0.478. The Bertz CT molecular complexity index is 401. The van der Waals surface area contributed by atoms with E-state index in [0.717, 1.165) is 16.8 Å². The Morgan fingerprint density at radius 2 is 2.23 bits per heavy atom. The lowest BCUT2D eigenvalue weighted by Gasteiger charge is -2.16. The zero-order valence-corrected chi connectivity index (χ0v) is 9.57. The van der Waals surface area contributed by atoms with E-state index in [1.165, 1.54) is 0 Å². The van der Waals surface area contributed by atoms with Crippen LogP contribution in [0.5, 0.6) is 0 Å². The van der Waals surface area contributed by atoms with Gasteiger partial charge in [0.05, 0.1) is 11.3 Å². The summed E-state index contributed by atoms with van der Waals surface area (Å²) in [4.78, 5) is 11.7. The number of benzene rings is 1. The van der Waals surface area contributed by atoms with Crippen molar-refractivity contribution < 1.29 is 4.79 Å². The van der Waals surface area contributed by atoms with Gasteiger partial charge in [0.15, 0.2) is 0 Å². The van der Waals surface area contributed by atoms with Crippen LogP contribution in [0.1, 0.15) is 15.9 Å². The largest absolute Gasteiger partial charge is 0.275 e. The maximum Gasteiger partial charge on any atom is 0.265 e. The summed E-state index contributed by atoms with van der Waals surface area (Å²) in [6.07, 6.45) is 0. The van der Waals surface area contributed by atoms with Gasteiger partial charge < -0.3 is 0 Å². The van der Waals surface area contributed by atoms with Crippen molar-refractivity contribution in [3.05, 3.63) is 29.3 Å². The molecule has 0 saturated heterocycles. The molecule has 0 spiro atoms. The van der Waals surface area contributed by atoms with Crippen LogP contribution in [-0.4, -0.2) is 16.1 Å². The summed E-state index contributed by atoms with van der Waals surface area (Å²) in [6, 6.07) is 5.82. The lowest BCUT2D eigenvalue weighted by molar-refractivity contribution is 0.0906. The van der Waals surface area contributed by atoms with Crippen molar-refractivity contribution in [1.82, 2.24) is 3.11 Å². The van der Waals surface area contributed by atoms with E-state index in [-0.39, 0.29) is 5.91 Å². The van der Waals surface area contributed by atoms with E-state index < -0.39 is 21.3 Å². The quantitative estimate of drug-likeness (QED) is 0.533. The number of aryl methyl sites for hydroxylation is 1. The molecule has 0 atom stereocenters. The molecule has 0 saturated carbocycles. The van der Waals surface area contributed by atoms with Crippen LogP contribution in [0.25, 0.3) is 0 Å². The average molecular weight is 288 g/mol. The van der Waals surface area contributed by atoms with Crippen molar-refractivity contribution in [3.63, 3.8) is 0 Å². The minimum absolute atomic E-state index is 0.113. The summed E-state index contributed by atoms with van der Waals surface area (Å²) in [5.74, 6) is 0.113. The monoisotopic (exact) mass is 288 g/mol. The first-order chi connectivity index (χ1) is 6.18. The molecule has 1 aliphatic heterocycles. The summed E-state index contributed by atoms with van der Waals surface area (Å²) in [5.41, 5.74) is 2.71. The number of fused-ring (bicyclic) bond motifs is 1. The molecule has 1 amide bonds. The van der Waals surface area contributed by atoms with Gasteiger partial charge in [-0.2, -0.15) is 0 Å². The minimum Gasteiger partial charge on any atom is -0.275 e. The van der Waals surface area contributed by atoms with Gasteiger partial charge in [-0.1, -0.05) is 11.6 Å². The third-order valence-corrected chi connectivity index (χ3v) is 3.73. The summed E-state index contributed by atoms with van der Waals surface area (Å²) >= 11 is -0.478. The molecule has 3 nitrogen and oxygen atoms in total. The topological polar surface area (TPSA) is 32.7 Å². The van der Waals surface area contributed by atoms with Gasteiger partial charge in [0.1, 0.15) is 21.3 Å². The van der Waals surface area contributed by atoms with Crippen molar-refractivity contribution in [2.75, 3.05) is 7.05 Å². The lowest BCUT2D eigenvalue weighted by atomic mass is 10.1. The number of halogens is 1. The number of carbonyl (C=O) groups excluding carboxylic acids is 1. The maximum atomic E-state index is 11.7. The molecule has 1 aromatic carbocycles. The molecule has 1 aromatic rings. The van der Waals surface area contributed by atoms with Crippen LogP contribution < -0.4 is 0 Å². The van der Waals surface area contributed by atoms with Crippen molar-refractivity contribution in [2.45, 2.75) is 6.92 Å². The van der Waals surface area contributed by atoms with Gasteiger partial charge in [0.25, 0.3) is 5.91 Å². The Labute approximate surface area is 87.3 Å². The number of nitrogens with zero attached hydrogens (tertiary/aromatic N) is 2. The fourth-order valence-corrected chi connectivity index (χ4v) is 2.63. The lowest BCUT2D eigenvalue weighted by Crippen LogP contribution is -2.18. The van der Waals surface area contributed by atoms with Crippen LogP contribution in [0.2, 0.25) is 0 Å². The molecule has 1 aliphatic rings. The summed E-state index contributed by atoms with van der Waals surface area (Å²) in [7, 11) is 1.81. The maximum absolute atomic E-state index is 11.7. The number of carbonyl (C=O) groups is 1. The second-order valence-electron chi connectivity index (χ2n) is 2.96. The Kier molecular flexibility index (Phi) is 2.15. The van der Waals surface area contributed by atoms with Crippen molar-refractivity contribution in [2.24, 2.45) is 3.15 Å². The van der Waals surface area contributed by atoms with Gasteiger partial charge in [-0.05, 0) is 19.1 Å². The van der Waals surface area contributed by atoms with Crippen LogP contribution in [0.15, 0.2) is 21.3 Å². The molecule has 1 heterocycles. The number of amides is 1. The van der Waals surface area contributed by atoms with E-state index in [2.05, 4.69) is 3.15 Å². The number of hydrogen-bond donors (Lipinski definition) is 0. The van der Waals surface area contributed by atoms with Crippen LogP contribution >= 0.6 is 21.3 Å². The Morgan fingerprint density at radius 1 is 1.46 bits per heavy atom. The Balaban J connectivity index is 2.60. The highest BCUT2D eigenvalue weighted by Crippen LogP contribution is 2.32.